The van der Waals surface area contributed by atoms with Crippen LogP contribution in [0.15, 0.2) is 22.7 Å². The van der Waals surface area contributed by atoms with Gasteiger partial charge >= 0.3 is 0 Å². The Hall–Kier alpha value is -2.17. The second-order valence-electron chi connectivity index (χ2n) is 4.00. The molecule has 5 N–H and O–H groups in total. The van der Waals surface area contributed by atoms with E-state index in [1.165, 1.54) is 0 Å². The Kier molecular flexibility index (Phi) is 2.91. The minimum absolute atomic E-state index is 0.578. The van der Waals surface area contributed by atoms with Crippen molar-refractivity contribution in [2.45, 2.75) is 20.4 Å². The van der Waals surface area contributed by atoms with Gasteiger partial charge in [0.25, 0.3) is 0 Å². The van der Waals surface area contributed by atoms with Crippen LogP contribution in [0.25, 0.3) is 0 Å². The highest BCUT2D eigenvalue weighted by Crippen LogP contribution is 2.21. The highest BCUT2D eigenvalue weighted by atomic mass is 16.5. The molecule has 0 unspecified atom stereocenters. The molecule has 0 atom stereocenters. The van der Waals surface area contributed by atoms with E-state index >= 15 is 0 Å². The maximum atomic E-state index is 5.73. The average molecular weight is 232 g/mol. The Labute approximate surface area is 99.8 Å². The van der Waals surface area contributed by atoms with Crippen LogP contribution >= 0.6 is 0 Å². The molecule has 0 radical (unpaired) electrons. The zero-order chi connectivity index (χ0) is 12.4. The summed E-state index contributed by atoms with van der Waals surface area (Å²) in [5, 5.41) is 7.16. The molecule has 2 rings (SSSR count). The van der Waals surface area contributed by atoms with E-state index < -0.39 is 0 Å². The van der Waals surface area contributed by atoms with Crippen LogP contribution in [-0.2, 0) is 6.54 Å². The number of anilines is 3. The minimum atomic E-state index is 0.578. The molecule has 1 aromatic heterocycles. The quantitative estimate of drug-likeness (QED) is 0.705. The molecule has 0 aliphatic rings. The number of nitrogens with one attached hydrogen (secondary N) is 1. The average Bonchev–Trinajstić information content (AvgIpc) is 2.61. The zero-order valence-corrected chi connectivity index (χ0v) is 9.95. The van der Waals surface area contributed by atoms with E-state index in [-0.39, 0.29) is 0 Å². The largest absolute Gasteiger partial charge is 0.397 e. The highest BCUT2D eigenvalue weighted by molar-refractivity contribution is 5.69. The Balaban J connectivity index is 2.10. The first-order chi connectivity index (χ1) is 8.08. The van der Waals surface area contributed by atoms with Crippen molar-refractivity contribution in [1.82, 2.24) is 5.16 Å². The first kappa shape index (κ1) is 11.3. The van der Waals surface area contributed by atoms with E-state index in [1.54, 1.807) is 6.07 Å². The third-order valence-electron chi connectivity index (χ3n) is 2.74. The number of nitrogen functional groups attached to an aromatic ring is 2. The van der Waals surface area contributed by atoms with Crippen molar-refractivity contribution < 1.29 is 4.52 Å². The number of hydrogen-bond donors (Lipinski definition) is 3. The van der Waals surface area contributed by atoms with Gasteiger partial charge in [0, 0.05) is 17.8 Å². The van der Waals surface area contributed by atoms with Gasteiger partial charge in [-0.05, 0) is 32.0 Å². The van der Waals surface area contributed by atoms with Crippen LogP contribution in [0.2, 0.25) is 0 Å². The van der Waals surface area contributed by atoms with Crippen molar-refractivity contribution in [3.8, 4) is 0 Å². The topological polar surface area (TPSA) is 90.1 Å². The van der Waals surface area contributed by atoms with Crippen LogP contribution < -0.4 is 16.8 Å². The van der Waals surface area contributed by atoms with Gasteiger partial charge in [-0.3, -0.25) is 0 Å². The van der Waals surface area contributed by atoms with E-state index in [1.807, 2.05) is 26.0 Å². The molecule has 5 heteroatoms. The van der Waals surface area contributed by atoms with Crippen LogP contribution in [-0.4, -0.2) is 5.16 Å². The summed E-state index contributed by atoms with van der Waals surface area (Å²) < 4.78 is 5.09. The number of rotatable bonds is 3. The minimum Gasteiger partial charge on any atom is -0.397 e. The van der Waals surface area contributed by atoms with Gasteiger partial charge in [-0.15, -0.1) is 0 Å². The molecule has 1 aromatic carbocycles. The highest BCUT2D eigenvalue weighted by Gasteiger charge is 2.08. The summed E-state index contributed by atoms with van der Waals surface area (Å²) in [6.45, 7) is 4.48. The SMILES string of the molecule is Cc1noc(C)c1CNc1ccc(N)c(N)c1. The number of aryl methyl sites for hydroxylation is 2. The van der Waals surface area contributed by atoms with Crippen molar-refractivity contribution in [2.24, 2.45) is 0 Å². The molecule has 0 saturated heterocycles. The molecule has 2 aromatic rings. The normalized spacial score (nSPS) is 10.5. The molecule has 5 nitrogen and oxygen atoms in total. The summed E-state index contributed by atoms with van der Waals surface area (Å²) in [4.78, 5) is 0. The lowest BCUT2D eigenvalue weighted by Gasteiger charge is -2.08. The summed E-state index contributed by atoms with van der Waals surface area (Å²) >= 11 is 0. The van der Waals surface area contributed by atoms with Gasteiger partial charge in [-0.25, -0.2) is 0 Å². The van der Waals surface area contributed by atoms with Crippen LogP contribution in [0.4, 0.5) is 17.1 Å². The van der Waals surface area contributed by atoms with E-state index in [9.17, 15) is 0 Å². The first-order valence-corrected chi connectivity index (χ1v) is 5.38. The van der Waals surface area contributed by atoms with Crippen LogP contribution in [0.1, 0.15) is 17.0 Å². The van der Waals surface area contributed by atoms with Crippen LogP contribution in [0, 0.1) is 13.8 Å². The van der Waals surface area contributed by atoms with Gasteiger partial charge in [-0.2, -0.15) is 0 Å². The summed E-state index contributed by atoms with van der Waals surface area (Å²) in [5.74, 6) is 0.832. The molecule has 0 bridgehead atoms. The summed E-state index contributed by atoms with van der Waals surface area (Å²) in [7, 11) is 0. The predicted octanol–water partition coefficient (Wildman–Crippen LogP) is 2.07. The molecule has 17 heavy (non-hydrogen) atoms. The van der Waals surface area contributed by atoms with Crippen molar-refractivity contribution in [3.63, 3.8) is 0 Å². The molecule has 1 heterocycles. The molecule has 0 amide bonds. The summed E-state index contributed by atoms with van der Waals surface area (Å²) in [6, 6.07) is 5.49. The second kappa shape index (κ2) is 4.37. The second-order valence-corrected chi connectivity index (χ2v) is 4.00. The Morgan fingerprint density at radius 2 is 2.00 bits per heavy atom. The molecule has 0 fully saturated rings. The fourth-order valence-corrected chi connectivity index (χ4v) is 1.63. The molecule has 0 spiro atoms. The van der Waals surface area contributed by atoms with Gasteiger partial charge in [0.15, 0.2) is 0 Å². The number of benzene rings is 1. The molecular formula is C12H16N4O. The lowest BCUT2D eigenvalue weighted by Crippen LogP contribution is -2.02. The van der Waals surface area contributed by atoms with Crippen molar-refractivity contribution in [2.75, 3.05) is 16.8 Å². The first-order valence-electron chi connectivity index (χ1n) is 5.38. The van der Waals surface area contributed by atoms with Gasteiger partial charge in [0.05, 0.1) is 17.1 Å². The molecule has 90 valence electrons. The lowest BCUT2D eigenvalue weighted by molar-refractivity contribution is 0.392. The zero-order valence-electron chi connectivity index (χ0n) is 9.95. The molecule has 0 aliphatic heterocycles. The smallest absolute Gasteiger partial charge is 0.138 e. The fraction of sp³-hybridized carbons (Fsp3) is 0.250. The predicted molar refractivity (Wildman–Crippen MR) is 68.6 cm³/mol. The number of aromatic nitrogens is 1. The standard InChI is InChI=1S/C12H16N4O/c1-7-10(8(2)17-16-7)6-15-9-3-4-11(13)12(14)5-9/h3-5,15H,6,13-14H2,1-2H3. The van der Waals surface area contributed by atoms with Crippen LogP contribution in [0.3, 0.4) is 0 Å². The van der Waals surface area contributed by atoms with Crippen molar-refractivity contribution in [3.05, 3.63) is 35.2 Å². The third kappa shape index (κ3) is 2.33. The monoisotopic (exact) mass is 232 g/mol. The molecular weight excluding hydrogens is 216 g/mol. The third-order valence-corrected chi connectivity index (χ3v) is 2.74. The van der Waals surface area contributed by atoms with Gasteiger partial charge in [-0.1, -0.05) is 5.16 Å². The maximum absolute atomic E-state index is 5.73. The Morgan fingerprint density at radius 1 is 1.24 bits per heavy atom. The summed E-state index contributed by atoms with van der Waals surface area (Å²) in [5.41, 5.74) is 15.5. The van der Waals surface area contributed by atoms with E-state index in [2.05, 4.69) is 10.5 Å². The van der Waals surface area contributed by atoms with Crippen molar-refractivity contribution in [1.29, 1.82) is 0 Å². The van der Waals surface area contributed by atoms with Gasteiger partial charge < -0.3 is 21.3 Å². The van der Waals surface area contributed by atoms with Crippen LogP contribution in [0.5, 0.6) is 0 Å². The lowest BCUT2D eigenvalue weighted by atomic mass is 10.2. The number of nitrogens with two attached hydrogens (primary N) is 2. The van der Waals surface area contributed by atoms with E-state index in [4.69, 9.17) is 16.0 Å². The maximum Gasteiger partial charge on any atom is 0.138 e. The number of nitrogens with zero attached hydrogens (tertiary/aromatic N) is 1. The number of hydrogen-bond acceptors (Lipinski definition) is 5. The van der Waals surface area contributed by atoms with E-state index in [0.717, 1.165) is 22.7 Å². The molecule has 0 aliphatic carbocycles. The Morgan fingerprint density at radius 3 is 2.59 bits per heavy atom. The summed E-state index contributed by atoms with van der Waals surface area (Å²) in [6.07, 6.45) is 0. The Bertz CT molecular complexity index is 514. The van der Waals surface area contributed by atoms with Gasteiger partial charge in [0.2, 0.25) is 0 Å². The van der Waals surface area contributed by atoms with Gasteiger partial charge in [0.1, 0.15) is 5.76 Å². The van der Waals surface area contributed by atoms with Crippen molar-refractivity contribution >= 4 is 17.1 Å². The molecule has 0 saturated carbocycles. The fourth-order valence-electron chi connectivity index (χ4n) is 1.63. The van der Waals surface area contributed by atoms with E-state index in [0.29, 0.717) is 17.9 Å².